The number of ketones is 1. The smallest absolute Gasteiger partial charge is 0.180 e. The van der Waals surface area contributed by atoms with E-state index in [1.807, 2.05) is 60.7 Å². The summed E-state index contributed by atoms with van der Waals surface area (Å²) >= 11 is 0. The Bertz CT molecular complexity index is 640. The first-order chi connectivity index (χ1) is 9.30. The van der Waals surface area contributed by atoms with E-state index in [0.717, 1.165) is 24.0 Å². The molecule has 0 N–H and O–H groups in total. The van der Waals surface area contributed by atoms with E-state index in [1.54, 1.807) is 0 Å². The Balaban J connectivity index is 1.85. The Morgan fingerprint density at radius 1 is 0.895 bits per heavy atom. The molecule has 1 nitrogen and oxygen atoms in total. The van der Waals surface area contributed by atoms with Crippen molar-refractivity contribution in [2.75, 3.05) is 0 Å². The van der Waals surface area contributed by atoms with Gasteiger partial charge in [0.05, 0.1) is 5.41 Å². The van der Waals surface area contributed by atoms with Crippen LogP contribution in [0.15, 0.2) is 60.7 Å². The summed E-state index contributed by atoms with van der Waals surface area (Å²) in [5.41, 5.74) is 1.30. The fourth-order valence-corrected chi connectivity index (χ4v) is 2.11. The van der Waals surface area contributed by atoms with Crippen molar-refractivity contribution in [3.63, 3.8) is 0 Å². The first kappa shape index (κ1) is 11.7. The molecular weight excluding hydrogens is 232 g/mol. The summed E-state index contributed by atoms with van der Waals surface area (Å²) in [7, 11) is 0. The lowest BCUT2D eigenvalue weighted by Crippen LogP contribution is -2.13. The molecule has 92 valence electrons. The van der Waals surface area contributed by atoms with E-state index >= 15 is 0 Å². The maximum absolute atomic E-state index is 12.4. The number of hydrogen-bond acceptors (Lipinski definition) is 1. The van der Waals surface area contributed by atoms with Crippen molar-refractivity contribution >= 4 is 5.78 Å². The summed E-state index contributed by atoms with van der Waals surface area (Å²) in [6, 6.07) is 19.3. The zero-order valence-corrected chi connectivity index (χ0v) is 10.6. The molecule has 0 radical (unpaired) electrons. The minimum atomic E-state index is -0.433. The summed E-state index contributed by atoms with van der Waals surface area (Å²) in [6.45, 7) is 0. The Morgan fingerprint density at radius 2 is 1.47 bits per heavy atom. The molecule has 0 aliphatic heterocycles. The number of benzene rings is 2. The summed E-state index contributed by atoms with van der Waals surface area (Å²) in [6.07, 6.45) is 1.75. The number of carbonyl (C=O) groups excluding carboxylic acids is 1. The van der Waals surface area contributed by atoms with Crippen molar-refractivity contribution in [2.45, 2.75) is 12.8 Å². The quantitative estimate of drug-likeness (QED) is 0.583. The molecule has 19 heavy (non-hydrogen) atoms. The van der Waals surface area contributed by atoms with Gasteiger partial charge in [0, 0.05) is 11.1 Å². The van der Waals surface area contributed by atoms with Crippen molar-refractivity contribution < 1.29 is 4.79 Å². The van der Waals surface area contributed by atoms with E-state index < -0.39 is 5.41 Å². The third-order valence-corrected chi connectivity index (χ3v) is 3.44. The maximum atomic E-state index is 12.4. The zero-order chi connectivity index (χ0) is 13.1. The van der Waals surface area contributed by atoms with Gasteiger partial charge in [-0.3, -0.25) is 4.79 Å². The van der Waals surface area contributed by atoms with Gasteiger partial charge in [0.25, 0.3) is 0 Å². The number of rotatable bonds is 2. The van der Waals surface area contributed by atoms with Gasteiger partial charge < -0.3 is 0 Å². The summed E-state index contributed by atoms with van der Waals surface area (Å²) < 4.78 is 0. The minimum Gasteiger partial charge on any atom is -0.292 e. The normalized spacial score (nSPS) is 15.2. The highest BCUT2D eigenvalue weighted by atomic mass is 16.1. The topological polar surface area (TPSA) is 17.1 Å². The van der Waals surface area contributed by atoms with Crippen molar-refractivity contribution in [3.05, 3.63) is 71.8 Å². The standard InChI is InChI=1S/C18H14O/c19-17(16-9-5-2-6-10-16)18(13-14-18)12-11-15-7-3-1-4-8-15/h1-10H,13-14H2. The van der Waals surface area contributed by atoms with Gasteiger partial charge in [-0.15, -0.1) is 0 Å². The Hall–Kier alpha value is -2.33. The van der Waals surface area contributed by atoms with Crippen molar-refractivity contribution in [2.24, 2.45) is 5.41 Å². The van der Waals surface area contributed by atoms with Gasteiger partial charge in [-0.1, -0.05) is 60.4 Å². The molecule has 0 atom stereocenters. The lowest BCUT2D eigenvalue weighted by Gasteiger charge is -2.06. The molecule has 2 aromatic carbocycles. The van der Waals surface area contributed by atoms with Crippen molar-refractivity contribution in [1.82, 2.24) is 0 Å². The molecule has 0 spiro atoms. The highest BCUT2D eigenvalue weighted by Gasteiger charge is 2.48. The van der Waals surface area contributed by atoms with Crippen LogP contribution < -0.4 is 0 Å². The predicted octanol–water partition coefficient (Wildman–Crippen LogP) is 3.70. The molecule has 0 unspecified atom stereocenters. The van der Waals surface area contributed by atoms with Crippen LogP contribution in [0, 0.1) is 17.3 Å². The fourth-order valence-electron chi connectivity index (χ4n) is 2.11. The van der Waals surface area contributed by atoms with E-state index in [9.17, 15) is 4.79 Å². The number of hydrogen-bond donors (Lipinski definition) is 0. The summed E-state index contributed by atoms with van der Waals surface area (Å²) in [4.78, 5) is 12.4. The zero-order valence-electron chi connectivity index (χ0n) is 10.6. The monoisotopic (exact) mass is 246 g/mol. The molecule has 1 aliphatic carbocycles. The molecule has 2 aromatic rings. The second-order valence-corrected chi connectivity index (χ2v) is 4.89. The first-order valence-electron chi connectivity index (χ1n) is 6.48. The molecule has 0 aromatic heterocycles. The minimum absolute atomic E-state index is 0.163. The molecule has 1 saturated carbocycles. The molecule has 0 amide bonds. The second-order valence-electron chi connectivity index (χ2n) is 4.89. The Morgan fingerprint density at radius 3 is 2.05 bits per heavy atom. The van der Waals surface area contributed by atoms with Gasteiger partial charge in [0.2, 0.25) is 0 Å². The largest absolute Gasteiger partial charge is 0.292 e. The molecule has 0 saturated heterocycles. The Kier molecular flexibility index (Phi) is 2.93. The molecule has 3 rings (SSSR count). The van der Waals surface area contributed by atoms with Crippen LogP contribution >= 0.6 is 0 Å². The third kappa shape index (κ3) is 2.44. The third-order valence-electron chi connectivity index (χ3n) is 3.44. The van der Waals surface area contributed by atoms with E-state index in [4.69, 9.17) is 0 Å². The van der Waals surface area contributed by atoms with Crippen LogP contribution in [0.3, 0.4) is 0 Å². The average molecular weight is 246 g/mol. The predicted molar refractivity (Wildman–Crippen MR) is 75.8 cm³/mol. The van der Waals surface area contributed by atoms with E-state index in [0.29, 0.717) is 0 Å². The van der Waals surface area contributed by atoms with E-state index in [1.165, 1.54) is 0 Å². The van der Waals surface area contributed by atoms with Crippen LogP contribution in [0.4, 0.5) is 0 Å². The number of carbonyl (C=O) groups is 1. The molecule has 0 bridgehead atoms. The SMILES string of the molecule is O=C(c1ccccc1)C1(C#Cc2ccccc2)CC1. The van der Waals surface area contributed by atoms with Gasteiger partial charge in [0.1, 0.15) is 0 Å². The number of Topliss-reactive ketones (excluding diaryl/α,β-unsaturated/α-hetero) is 1. The van der Waals surface area contributed by atoms with Crippen molar-refractivity contribution in [3.8, 4) is 11.8 Å². The second kappa shape index (κ2) is 4.74. The van der Waals surface area contributed by atoms with Gasteiger partial charge in [-0.2, -0.15) is 0 Å². The average Bonchev–Trinajstić information content (AvgIpc) is 3.28. The van der Waals surface area contributed by atoms with E-state index in [-0.39, 0.29) is 5.78 Å². The van der Waals surface area contributed by atoms with Crippen LogP contribution in [0.5, 0.6) is 0 Å². The lowest BCUT2D eigenvalue weighted by atomic mass is 9.95. The van der Waals surface area contributed by atoms with Crippen LogP contribution in [0.2, 0.25) is 0 Å². The van der Waals surface area contributed by atoms with E-state index in [2.05, 4.69) is 11.8 Å². The molecule has 1 heteroatoms. The highest BCUT2D eigenvalue weighted by Crippen LogP contribution is 2.47. The van der Waals surface area contributed by atoms with Gasteiger partial charge in [-0.05, 0) is 25.0 Å². The van der Waals surface area contributed by atoms with Gasteiger partial charge in [0.15, 0.2) is 5.78 Å². The van der Waals surface area contributed by atoms with Crippen LogP contribution in [-0.4, -0.2) is 5.78 Å². The van der Waals surface area contributed by atoms with Gasteiger partial charge >= 0.3 is 0 Å². The van der Waals surface area contributed by atoms with Crippen molar-refractivity contribution in [1.29, 1.82) is 0 Å². The Labute approximate surface area is 113 Å². The lowest BCUT2D eigenvalue weighted by molar-refractivity contribution is 0.0935. The summed E-state index contributed by atoms with van der Waals surface area (Å²) in [5.74, 6) is 6.48. The highest BCUT2D eigenvalue weighted by molar-refractivity contribution is 6.04. The molecule has 1 aliphatic rings. The van der Waals surface area contributed by atoms with Gasteiger partial charge in [-0.25, -0.2) is 0 Å². The molecular formula is C18H14O. The molecule has 0 heterocycles. The first-order valence-corrected chi connectivity index (χ1v) is 6.48. The molecule has 1 fully saturated rings. The van der Waals surface area contributed by atoms with Crippen LogP contribution in [0.25, 0.3) is 0 Å². The van der Waals surface area contributed by atoms with Crippen LogP contribution in [0.1, 0.15) is 28.8 Å². The summed E-state index contributed by atoms with van der Waals surface area (Å²) in [5, 5.41) is 0. The fraction of sp³-hybridized carbons (Fsp3) is 0.167. The van der Waals surface area contributed by atoms with Crippen LogP contribution in [-0.2, 0) is 0 Å². The maximum Gasteiger partial charge on any atom is 0.180 e.